The van der Waals surface area contributed by atoms with Gasteiger partial charge in [-0.1, -0.05) is 57.9 Å². The third kappa shape index (κ3) is 4.49. The van der Waals surface area contributed by atoms with Gasteiger partial charge in [-0.05, 0) is 43.2 Å². The Bertz CT molecular complexity index is 997. The lowest BCUT2D eigenvalue weighted by Gasteiger charge is -2.11. The molecule has 6 heteroatoms. The third-order valence-electron chi connectivity index (χ3n) is 4.95. The van der Waals surface area contributed by atoms with E-state index < -0.39 is 5.97 Å². The molecule has 0 unspecified atom stereocenters. The molecule has 28 heavy (non-hydrogen) atoms. The minimum absolute atomic E-state index is 0.381. The van der Waals surface area contributed by atoms with Crippen LogP contribution in [-0.4, -0.2) is 15.6 Å². The minimum atomic E-state index is -0.895. The molecule has 3 aromatic rings. The highest BCUT2D eigenvalue weighted by Crippen LogP contribution is 2.25. The molecule has 1 heterocycles. The molecule has 3 rings (SSSR count). The summed E-state index contributed by atoms with van der Waals surface area (Å²) >= 11 is 9.52. The van der Waals surface area contributed by atoms with Crippen molar-refractivity contribution in [3.05, 3.63) is 91.7 Å². The molecule has 0 aliphatic rings. The summed E-state index contributed by atoms with van der Waals surface area (Å²) in [4.78, 5) is 11.9. The molecule has 0 bridgehead atoms. The van der Waals surface area contributed by atoms with Gasteiger partial charge >= 0.3 is 5.97 Å². The average Bonchev–Trinajstić information content (AvgIpc) is 2.89. The molecule has 0 fully saturated rings. The van der Waals surface area contributed by atoms with Crippen molar-refractivity contribution in [3.63, 3.8) is 0 Å². The maximum Gasteiger partial charge on any atom is 0.337 e. The number of aromatic carboxylic acids is 1. The molecule has 4 nitrogen and oxygen atoms in total. The zero-order valence-electron chi connectivity index (χ0n) is 15.8. The molecule has 0 saturated carbocycles. The number of rotatable bonds is 7. The summed E-state index contributed by atoms with van der Waals surface area (Å²) in [6.07, 6.45) is 0. The second-order valence-corrected chi connectivity index (χ2v) is 8.03. The van der Waals surface area contributed by atoms with Gasteiger partial charge in [0.25, 0.3) is 0 Å². The third-order valence-corrected chi connectivity index (χ3v) is 5.98. The molecule has 0 spiro atoms. The Hall–Kier alpha value is -2.08. The summed E-state index contributed by atoms with van der Waals surface area (Å²) in [6.45, 7) is 5.60. The zero-order valence-corrected chi connectivity index (χ0v) is 18.1. The van der Waals surface area contributed by atoms with Gasteiger partial charge in [-0.2, -0.15) is 0 Å². The highest BCUT2D eigenvalue weighted by Gasteiger charge is 2.22. The monoisotopic (exact) mass is 460 g/mol. The number of nitrogens with zero attached hydrogens (tertiary/aromatic N) is 1. The van der Waals surface area contributed by atoms with Crippen LogP contribution >= 0.6 is 27.5 Å². The Morgan fingerprint density at radius 3 is 2.39 bits per heavy atom. The fourth-order valence-electron chi connectivity index (χ4n) is 3.42. The van der Waals surface area contributed by atoms with Crippen molar-refractivity contribution in [3.8, 4) is 0 Å². The smallest absolute Gasteiger partial charge is 0.337 e. The van der Waals surface area contributed by atoms with Crippen LogP contribution in [0, 0.1) is 13.8 Å². The maximum atomic E-state index is 11.9. The first kappa shape index (κ1) is 20.6. The molecular formula is C22H22BrClN2O2. The van der Waals surface area contributed by atoms with Crippen molar-refractivity contribution in [2.45, 2.75) is 33.5 Å². The molecule has 0 atom stereocenters. The lowest BCUT2D eigenvalue weighted by Crippen LogP contribution is -2.16. The number of hydrogen-bond donors (Lipinski definition) is 2. The van der Waals surface area contributed by atoms with Crippen LogP contribution in [0.2, 0.25) is 5.02 Å². The van der Waals surface area contributed by atoms with Crippen LogP contribution in [0.1, 0.15) is 38.4 Å². The van der Waals surface area contributed by atoms with Gasteiger partial charge in [0.1, 0.15) is 0 Å². The summed E-state index contributed by atoms with van der Waals surface area (Å²) < 4.78 is 3.09. The van der Waals surface area contributed by atoms with Gasteiger partial charge in [-0.25, -0.2) is 4.79 Å². The number of carboxylic acid groups (broad SMARTS) is 1. The van der Waals surface area contributed by atoms with Gasteiger partial charge in [-0.3, -0.25) is 0 Å². The second kappa shape index (κ2) is 8.95. The van der Waals surface area contributed by atoms with E-state index in [1.54, 1.807) is 0 Å². The van der Waals surface area contributed by atoms with E-state index in [1.807, 2.05) is 62.4 Å². The van der Waals surface area contributed by atoms with E-state index in [4.69, 9.17) is 11.6 Å². The van der Waals surface area contributed by atoms with Gasteiger partial charge in [0.2, 0.25) is 0 Å². The SMILES string of the molecule is Cc1c(CNCc2ccccc2Br)c(C(=O)O)c(C)n1Cc1ccc(Cl)cc1. The highest BCUT2D eigenvalue weighted by molar-refractivity contribution is 9.10. The first-order chi connectivity index (χ1) is 13.4. The highest BCUT2D eigenvalue weighted by atomic mass is 79.9. The van der Waals surface area contributed by atoms with E-state index >= 15 is 0 Å². The Morgan fingerprint density at radius 1 is 1.07 bits per heavy atom. The Kier molecular flexibility index (Phi) is 6.60. The number of aromatic nitrogens is 1. The van der Waals surface area contributed by atoms with Crippen LogP contribution in [0.25, 0.3) is 0 Å². The fourth-order valence-corrected chi connectivity index (χ4v) is 3.97. The molecule has 0 radical (unpaired) electrons. The van der Waals surface area contributed by atoms with Gasteiger partial charge in [-0.15, -0.1) is 0 Å². The van der Waals surface area contributed by atoms with Gasteiger partial charge in [0, 0.05) is 46.1 Å². The van der Waals surface area contributed by atoms with Crippen molar-refractivity contribution in [2.75, 3.05) is 0 Å². The number of benzene rings is 2. The topological polar surface area (TPSA) is 54.3 Å². The Labute approximate surface area is 178 Å². The maximum absolute atomic E-state index is 11.9. The second-order valence-electron chi connectivity index (χ2n) is 6.74. The number of carbonyl (C=O) groups is 1. The van der Waals surface area contributed by atoms with Crippen molar-refractivity contribution in [2.24, 2.45) is 0 Å². The van der Waals surface area contributed by atoms with E-state index in [9.17, 15) is 9.90 Å². The summed E-state index contributed by atoms with van der Waals surface area (Å²) in [7, 11) is 0. The van der Waals surface area contributed by atoms with Crippen LogP contribution in [0.3, 0.4) is 0 Å². The summed E-state index contributed by atoms with van der Waals surface area (Å²) in [5, 5.41) is 13.9. The largest absolute Gasteiger partial charge is 0.478 e. The van der Waals surface area contributed by atoms with E-state index in [0.717, 1.165) is 32.6 Å². The number of hydrogen-bond acceptors (Lipinski definition) is 2. The van der Waals surface area contributed by atoms with Gasteiger partial charge in [0.15, 0.2) is 0 Å². The number of carboxylic acids is 1. The van der Waals surface area contributed by atoms with Crippen molar-refractivity contribution >= 4 is 33.5 Å². The van der Waals surface area contributed by atoms with Gasteiger partial charge < -0.3 is 15.0 Å². The van der Waals surface area contributed by atoms with Crippen LogP contribution in [0.5, 0.6) is 0 Å². The average molecular weight is 462 g/mol. The van der Waals surface area contributed by atoms with Crippen molar-refractivity contribution < 1.29 is 9.90 Å². The molecule has 0 aliphatic heterocycles. The van der Waals surface area contributed by atoms with Crippen LogP contribution in [-0.2, 0) is 19.6 Å². The lowest BCUT2D eigenvalue weighted by molar-refractivity contribution is 0.0694. The molecule has 2 N–H and O–H groups in total. The fraction of sp³-hybridized carbons (Fsp3) is 0.227. The van der Waals surface area contributed by atoms with Crippen LogP contribution < -0.4 is 5.32 Å². The molecule has 0 saturated heterocycles. The minimum Gasteiger partial charge on any atom is -0.478 e. The number of halogens is 2. The van der Waals surface area contributed by atoms with E-state index in [-0.39, 0.29) is 0 Å². The predicted octanol–water partition coefficient (Wildman–Crippen LogP) is 5.56. The first-order valence-electron chi connectivity index (χ1n) is 8.99. The van der Waals surface area contributed by atoms with Crippen LogP contribution in [0.4, 0.5) is 0 Å². The molecular weight excluding hydrogens is 440 g/mol. The standard InChI is InChI=1S/C22H22BrClN2O2/c1-14-19(12-25-11-17-5-3-4-6-20(17)23)21(22(27)28)15(2)26(14)13-16-7-9-18(24)10-8-16/h3-10,25H,11-13H2,1-2H3,(H,27,28). The summed E-state index contributed by atoms with van der Waals surface area (Å²) in [5.41, 5.74) is 5.14. The molecule has 146 valence electrons. The van der Waals surface area contributed by atoms with Crippen molar-refractivity contribution in [1.82, 2.24) is 9.88 Å². The van der Waals surface area contributed by atoms with Crippen LogP contribution in [0.15, 0.2) is 53.0 Å². The normalized spacial score (nSPS) is 11.0. The number of nitrogens with one attached hydrogen (secondary N) is 1. The predicted molar refractivity (Wildman–Crippen MR) is 116 cm³/mol. The lowest BCUT2D eigenvalue weighted by atomic mass is 10.1. The van der Waals surface area contributed by atoms with Crippen molar-refractivity contribution in [1.29, 1.82) is 0 Å². The molecule has 0 amide bonds. The Morgan fingerprint density at radius 2 is 1.75 bits per heavy atom. The van der Waals surface area contributed by atoms with E-state index in [1.165, 1.54) is 0 Å². The molecule has 2 aromatic carbocycles. The summed E-state index contributed by atoms with van der Waals surface area (Å²) in [5.74, 6) is -0.895. The molecule has 1 aromatic heterocycles. The van der Waals surface area contributed by atoms with Gasteiger partial charge in [0.05, 0.1) is 5.56 Å². The first-order valence-corrected chi connectivity index (χ1v) is 10.2. The molecule has 0 aliphatic carbocycles. The zero-order chi connectivity index (χ0) is 20.3. The van der Waals surface area contributed by atoms with E-state index in [2.05, 4.69) is 25.8 Å². The Balaban J connectivity index is 1.84. The van der Waals surface area contributed by atoms with E-state index in [0.29, 0.717) is 30.2 Å². The summed E-state index contributed by atoms with van der Waals surface area (Å²) in [6, 6.07) is 15.6. The quantitative estimate of drug-likeness (QED) is 0.484.